The third-order valence-corrected chi connectivity index (χ3v) is 6.88. The number of amides is 1. The van der Waals surface area contributed by atoms with Crippen molar-refractivity contribution in [3.63, 3.8) is 0 Å². The third kappa shape index (κ3) is 6.48. The molecule has 5 rings (SSSR count). The maximum Gasteiger partial charge on any atom is 0.435 e. The van der Waals surface area contributed by atoms with Crippen LogP contribution in [0.15, 0.2) is 67.4 Å². The van der Waals surface area contributed by atoms with E-state index in [0.717, 1.165) is 22.9 Å². The van der Waals surface area contributed by atoms with Gasteiger partial charge in [-0.05, 0) is 66.8 Å². The molecule has 1 aliphatic rings. The van der Waals surface area contributed by atoms with Crippen molar-refractivity contribution in [1.29, 1.82) is 0 Å². The molecule has 42 heavy (non-hydrogen) atoms. The van der Waals surface area contributed by atoms with E-state index < -0.39 is 47.8 Å². The molecule has 12 heteroatoms. The molecule has 1 fully saturated rings. The van der Waals surface area contributed by atoms with Crippen LogP contribution in [0.4, 0.5) is 26.3 Å². The summed E-state index contributed by atoms with van der Waals surface area (Å²) in [4.78, 5) is 17.7. The summed E-state index contributed by atoms with van der Waals surface area (Å²) in [5.74, 6) is -3.07. The van der Waals surface area contributed by atoms with Gasteiger partial charge in [-0.15, -0.1) is 0 Å². The highest BCUT2D eigenvalue weighted by Gasteiger charge is 2.38. The number of nitrogens with two attached hydrogens (primary N) is 1. The normalized spacial score (nSPS) is 14.0. The molecular weight excluding hydrogens is 560 g/mol. The largest absolute Gasteiger partial charge is 0.435 e. The highest BCUT2D eigenvalue weighted by Crippen LogP contribution is 2.42. The summed E-state index contributed by atoms with van der Waals surface area (Å²) in [6.07, 6.45) is -1.98. The van der Waals surface area contributed by atoms with Crippen molar-refractivity contribution < 1.29 is 31.1 Å². The second-order valence-corrected chi connectivity index (χ2v) is 10.1. The van der Waals surface area contributed by atoms with Crippen LogP contribution < -0.4 is 11.1 Å². The van der Waals surface area contributed by atoms with Crippen LogP contribution >= 0.6 is 0 Å². The van der Waals surface area contributed by atoms with E-state index in [9.17, 15) is 31.1 Å². The van der Waals surface area contributed by atoms with Crippen molar-refractivity contribution >= 4 is 11.6 Å². The van der Waals surface area contributed by atoms with Gasteiger partial charge in [0.2, 0.25) is 5.91 Å². The first-order chi connectivity index (χ1) is 19.9. The number of aromatic nitrogens is 3. The molecule has 3 N–H and O–H groups in total. The molecule has 6 nitrogen and oxygen atoms in total. The molecule has 0 spiro atoms. The molecule has 2 heterocycles. The zero-order chi connectivity index (χ0) is 30.2. The minimum atomic E-state index is -4.68. The van der Waals surface area contributed by atoms with E-state index >= 15 is 0 Å². The molecule has 1 amide bonds. The van der Waals surface area contributed by atoms with E-state index in [-0.39, 0.29) is 34.9 Å². The van der Waals surface area contributed by atoms with Crippen molar-refractivity contribution in [3.8, 4) is 11.1 Å². The Morgan fingerprint density at radius 3 is 2.43 bits per heavy atom. The van der Waals surface area contributed by atoms with Crippen molar-refractivity contribution in [3.05, 3.63) is 113 Å². The zero-order valence-corrected chi connectivity index (χ0v) is 22.1. The first kappa shape index (κ1) is 28.9. The Hall–Kier alpha value is -4.61. The predicted octanol–water partition coefficient (Wildman–Crippen LogP) is 6.29. The summed E-state index contributed by atoms with van der Waals surface area (Å²) in [5, 5.41) is 6.39. The van der Waals surface area contributed by atoms with Gasteiger partial charge in [0.15, 0.2) is 5.69 Å². The number of carbonyl (C=O) groups excluding carboxylic acids is 1. The first-order valence-electron chi connectivity index (χ1n) is 13.0. The summed E-state index contributed by atoms with van der Waals surface area (Å²) in [5.41, 5.74) is 6.40. The number of halogens is 6. The molecular formula is C30H25F6N5O. The van der Waals surface area contributed by atoms with Gasteiger partial charge in [0.05, 0.1) is 11.7 Å². The molecule has 2 aromatic carbocycles. The number of rotatable bonds is 9. The smallest absolute Gasteiger partial charge is 0.399 e. The van der Waals surface area contributed by atoms with Crippen LogP contribution in [0, 0.1) is 17.5 Å². The summed E-state index contributed by atoms with van der Waals surface area (Å²) in [7, 11) is 0. The van der Waals surface area contributed by atoms with Crippen LogP contribution in [-0.4, -0.2) is 20.7 Å². The molecule has 0 radical (unpaired) electrons. The lowest BCUT2D eigenvalue weighted by molar-refractivity contribution is -0.141. The number of pyridine rings is 1. The van der Waals surface area contributed by atoms with Gasteiger partial charge in [-0.3, -0.25) is 14.5 Å². The highest BCUT2D eigenvalue weighted by molar-refractivity contribution is 5.77. The first-order valence-corrected chi connectivity index (χ1v) is 13.0. The van der Waals surface area contributed by atoms with Crippen LogP contribution in [-0.2, 0) is 23.9 Å². The lowest BCUT2D eigenvalue weighted by Crippen LogP contribution is -2.34. The second-order valence-electron chi connectivity index (χ2n) is 10.1. The fraction of sp³-hybridized carbons (Fsp3) is 0.233. The minimum absolute atomic E-state index is 0.0104. The van der Waals surface area contributed by atoms with Crippen molar-refractivity contribution in [2.75, 3.05) is 0 Å². The summed E-state index contributed by atoms with van der Waals surface area (Å²) in [6, 6.07) is 10.3. The summed E-state index contributed by atoms with van der Waals surface area (Å²) >= 11 is 0. The van der Waals surface area contributed by atoms with Crippen LogP contribution in [0.3, 0.4) is 0 Å². The molecule has 1 aliphatic carbocycles. The molecule has 0 aliphatic heterocycles. The standard InChI is InChI=1S/C30H25F6N5O/c1-16(37)23-12-19(6-7-24(23)33)22-3-2-8-38-29(22)25(11-17-9-20(31)13-21(32)10-17)39-28(42)15-41-26(18-4-5-18)14-27(40-41)30(34,35)36/h2-3,6-10,12-14,18,25H,1,4-5,11,15,37H2,(H,39,42)/t25-/m0/s1. The van der Waals surface area contributed by atoms with Gasteiger partial charge >= 0.3 is 6.18 Å². The Morgan fingerprint density at radius 1 is 1.07 bits per heavy atom. The van der Waals surface area contributed by atoms with Crippen molar-refractivity contribution in [1.82, 2.24) is 20.1 Å². The molecule has 0 bridgehead atoms. The maximum absolute atomic E-state index is 14.3. The van der Waals surface area contributed by atoms with E-state index in [1.807, 2.05) is 0 Å². The SMILES string of the molecule is C=C(N)c1cc(-c2cccnc2[C@H](Cc2cc(F)cc(F)c2)NC(=O)Cn2nc(C(F)(F)F)cc2C2CC2)ccc1F. The number of benzene rings is 2. The van der Waals surface area contributed by atoms with Gasteiger partial charge in [0.25, 0.3) is 0 Å². The van der Waals surface area contributed by atoms with Gasteiger partial charge < -0.3 is 11.1 Å². The Kier molecular flexibility index (Phi) is 7.81. The fourth-order valence-corrected chi connectivity index (χ4v) is 4.84. The number of nitrogens with zero attached hydrogens (tertiary/aromatic N) is 3. The molecule has 218 valence electrons. The zero-order valence-electron chi connectivity index (χ0n) is 22.1. The number of nitrogens with one attached hydrogen (secondary N) is 1. The molecule has 2 aromatic heterocycles. The van der Waals surface area contributed by atoms with Crippen LogP contribution in [0.5, 0.6) is 0 Å². The predicted molar refractivity (Wildman–Crippen MR) is 143 cm³/mol. The Morgan fingerprint density at radius 2 is 1.79 bits per heavy atom. The van der Waals surface area contributed by atoms with E-state index in [1.54, 1.807) is 12.1 Å². The average Bonchev–Trinajstić information content (AvgIpc) is 3.66. The number of carbonyl (C=O) groups is 1. The average molecular weight is 586 g/mol. The van der Waals surface area contributed by atoms with E-state index in [1.165, 1.54) is 24.4 Å². The molecule has 1 atom stereocenters. The summed E-state index contributed by atoms with van der Waals surface area (Å²) < 4.78 is 83.6. The van der Waals surface area contributed by atoms with Gasteiger partial charge in [0, 0.05) is 40.7 Å². The number of hydrogen-bond donors (Lipinski definition) is 2. The van der Waals surface area contributed by atoms with Gasteiger partial charge in [-0.2, -0.15) is 18.3 Å². The van der Waals surface area contributed by atoms with Crippen LogP contribution in [0.1, 0.15) is 53.0 Å². The third-order valence-electron chi connectivity index (χ3n) is 6.88. The van der Waals surface area contributed by atoms with Crippen molar-refractivity contribution in [2.24, 2.45) is 5.73 Å². The number of alkyl halides is 3. The lowest BCUT2D eigenvalue weighted by Gasteiger charge is -2.22. The molecule has 4 aromatic rings. The van der Waals surface area contributed by atoms with E-state index in [4.69, 9.17) is 5.73 Å². The fourth-order valence-electron chi connectivity index (χ4n) is 4.84. The highest BCUT2D eigenvalue weighted by atomic mass is 19.4. The Bertz CT molecular complexity index is 1640. The Balaban J connectivity index is 1.51. The van der Waals surface area contributed by atoms with Gasteiger partial charge in [-0.25, -0.2) is 13.2 Å². The summed E-state index contributed by atoms with van der Waals surface area (Å²) in [6.45, 7) is 3.06. The monoisotopic (exact) mass is 585 g/mol. The van der Waals surface area contributed by atoms with Crippen molar-refractivity contribution in [2.45, 2.75) is 43.9 Å². The molecule has 0 unspecified atom stereocenters. The number of hydrogen-bond acceptors (Lipinski definition) is 4. The molecule has 1 saturated carbocycles. The van der Waals surface area contributed by atoms with Crippen LogP contribution in [0.2, 0.25) is 0 Å². The van der Waals surface area contributed by atoms with Crippen LogP contribution in [0.25, 0.3) is 16.8 Å². The second kappa shape index (κ2) is 11.3. The topological polar surface area (TPSA) is 85.8 Å². The van der Waals surface area contributed by atoms with E-state index in [0.29, 0.717) is 35.7 Å². The maximum atomic E-state index is 14.3. The van der Waals surface area contributed by atoms with E-state index in [2.05, 4.69) is 22.0 Å². The Labute approximate surface area is 236 Å². The lowest BCUT2D eigenvalue weighted by atomic mass is 9.94. The quantitative estimate of drug-likeness (QED) is 0.226. The van der Waals surface area contributed by atoms with Gasteiger partial charge in [0.1, 0.15) is 24.0 Å². The minimum Gasteiger partial charge on any atom is -0.399 e. The molecule has 0 saturated heterocycles. The van der Waals surface area contributed by atoms with Gasteiger partial charge in [-0.1, -0.05) is 18.7 Å².